The standard InChI is InChI=1S/C16H12F4N2O3/c17-13-12(16(18,19)20)7-8-21-14(13)22(9-4-10-23)15(24)25-11-5-2-1-3-6-11/h1-3,5-8,10H,4,9H2. The Morgan fingerprint density at radius 1 is 1.20 bits per heavy atom. The lowest BCUT2D eigenvalue weighted by Crippen LogP contribution is -2.36. The van der Waals surface area contributed by atoms with Gasteiger partial charge in [0.1, 0.15) is 12.0 Å². The summed E-state index contributed by atoms with van der Waals surface area (Å²) in [4.78, 5) is 26.8. The first-order chi connectivity index (χ1) is 11.8. The van der Waals surface area contributed by atoms with Gasteiger partial charge in [-0.3, -0.25) is 4.90 Å². The molecule has 0 spiro atoms. The maximum Gasteiger partial charge on any atom is 0.421 e. The van der Waals surface area contributed by atoms with Crippen LogP contribution in [0.5, 0.6) is 5.75 Å². The van der Waals surface area contributed by atoms with Crippen LogP contribution in [0.3, 0.4) is 0 Å². The molecule has 0 aliphatic heterocycles. The van der Waals surface area contributed by atoms with E-state index in [4.69, 9.17) is 4.74 Å². The summed E-state index contributed by atoms with van der Waals surface area (Å²) < 4.78 is 57.7. The van der Waals surface area contributed by atoms with Gasteiger partial charge in [-0.1, -0.05) is 18.2 Å². The third-order valence-corrected chi connectivity index (χ3v) is 3.07. The van der Waals surface area contributed by atoms with E-state index in [1.165, 1.54) is 12.1 Å². The van der Waals surface area contributed by atoms with Gasteiger partial charge in [0, 0.05) is 19.2 Å². The van der Waals surface area contributed by atoms with Gasteiger partial charge < -0.3 is 9.53 Å². The first-order valence-electron chi connectivity index (χ1n) is 7.04. The zero-order valence-corrected chi connectivity index (χ0v) is 12.7. The zero-order chi connectivity index (χ0) is 18.4. The molecule has 1 aromatic carbocycles. The highest BCUT2D eigenvalue weighted by atomic mass is 19.4. The van der Waals surface area contributed by atoms with Gasteiger partial charge in [-0.25, -0.2) is 14.2 Å². The maximum atomic E-state index is 14.2. The minimum Gasteiger partial charge on any atom is -0.410 e. The number of amides is 1. The second-order valence-corrected chi connectivity index (χ2v) is 4.78. The Morgan fingerprint density at radius 3 is 2.48 bits per heavy atom. The van der Waals surface area contributed by atoms with Crippen LogP contribution in [0, 0.1) is 5.82 Å². The van der Waals surface area contributed by atoms with E-state index in [1.807, 2.05) is 0 Å². The van der Waals surface area contributed by atoms with Crippen molar-refractivity contribution in [1.82, 2.24) is 4.98 Å². The number of nitrogens with zero attached hydrogens (tertiary/aromatic N) is 2. The Kier molecular flexibility index (Phi) is 5.68. The van der Waals surface area contributed by atoms with Gasteiger partial charge in [0.25, 0.3) is 0 Å². The number of para-hydroxylation sites is 1. The van der Waals surface area contributed by atoms with Crippen molar-refractivity contribution in [3.63, 3.8) is 0 Å². The lowest BCUT2D eigenvalue weighted by Gasteiger charge is -2.21. The quantitative estimate of drug-likeness (QED) is 0.603. The summed E-state index contributed by atoms with van der Waals surface area (Å²) >= 11 is 0. The van der Waals surface area contributed by atoms with E-state index < -0.39 is 29.5 Å². The molecule has 0 aliphatic carbocycles. The predicted molar refractivity (Wildman–Crippen MR) is 79.7 cm³/mol. The van der Waals surface area contributed by atoms with E-state index >= 15 is 0 Å². The minimum absolute atomic E-state index is 0.107. The van der Waals surface area contributed by atoms with Crippen LogP contribution in [-0.4, -0.2) is 23.9 Å². The minimum atomic E-state index is -4.96. The molecular formula is C16H12F4N2O3. The number of alkyl halides is 3. The van der Waals surface area contributed by atoms with Crippen molar-refractivity contribution < 1.29 is 31.9 Å². The van der Waals surface area contributed by atoms with E-state index in [2.05, 4.69) is 4.98 Å². The normalized spacial score (nSPS) is 11.0. The molecule has 0 atom stereocenters. The van der Waals surface area contributed by atoms with Crippen LogP contribution in [0.4, 0.5) is 28.2 Å². The number of halogens is 4. The Bertz CT molecular complexity index is 751. The number of ether oxygens (including phenoxy) is 1. The molecule has 1 amide bonds. The van der Waals surface area contributed by atoms with Gasteiger partial charge in [0.2, 0.25) is 0 Å². The number of aromatic nitrogens is 1. The molecule has 2 aromatic rings. The average molecular weight is 356 g/mol. The summed E-state index contributed by atoms with van der Waals surface area (Å²) in [6, 6.07) is 8.13. The molecule has 0 fully saturated rings. The molecule has 2 rings (SSSR count). The summed E-state index contributed by atoms with van der Waals surface area (Å²) in [6.45, 7) is -0.388. The smallest absolute Gasteiger partial charge is 0.410 e. The summed E-state index contributed by atoms with van der Waals surface area (Å²) in [5.41, 5.74) is -1.57. The fraction of sp³-hybridized carbons (Fsp3) is 0.188. The Morgan fingerprint density at radius 2 is 1.88 bits per heavy atom. The maximum absolute atomic E-state index is 14.2. The molecule has 0 radical (unpaired) electrons. The second-order valence-electron chi connectivity index (χ2n) is 4.78. The molecule has 0 aliphatic rings. The SMILES string of the molecule is O=CCCN(C(=O)Oc1ccccc1)c1nccc(C(F)(F)F)c1F. The molecule has 1 aromatic heterocycles. The van der Waals surface area contributed by atoms with Gasteiger partial charge in [0.05, 0.1) is 5.56 Å². The molecule has 25 heavy (non-hydrogen) atoms. The van der Waals surface area contributed by atoms with Crippen LogP contribution in [-0.2, 0) is 11.0 Å². The highest BCUT2D eigenvalue weighted by Crippen LogP contribution is 2.34. The van der Waals surface area contributed by atoms with Crippen molar-refractivity contribution >= 4 is 18.2 Å². The predicted octanol–water partition coefficient (Wildman–Crippen LogP) is 3.83. The van der Waals surface area contributed by atoms with Crippen LogP contribution < -0.4 is 9.64 Å². The van der Waals surface area contributed by atoms with E-state index in [-0.39, 0.29) is 18.7 Å². The van der Waals surface area contributed by atoms with Crippen LogP contribution in [0.2, 0.25) is 0 Å². The van der Waals surface area contributed by atoms with Crippen molar-refractivity contribution in [3.05, 3.63) is 54.0 Å². The van der Waals surface area contributed by atoms with Crippen molar-refractivity contribution in [2.45, 2.75) is 12.6 Å². The third-order valence-electron chi connectivity index (χ3n) is 3.07. The molecule has 0 bridgehead atoms. The lowest BCUT2D eigenvalue weighted by atomic mass is 10.2. The summed E-state index contributed by atoms with van der Waals surface area (Å²) in [7, 11) is 0. The number of hydrogen-bond acceptors (Lipinski definition) is 4. The monoisotopic (exact) mass is 356 g/mol. The fourth-order valence-corrected chi connectivity index (χ4v) is 1.95. The van der Waals surface area contributed by atoms with Gasteiger partial charge >= 0.3 is 12.3 Å². The van der Waals surface area contributed by atoms with Crippen molar-refractivity contribution in [2.24, 2.45) is 0 Å². The molecule has 1 heterocycles. The highest BCUT2D eigenvalue weighted by molar-refractivity contribution is 5.88. The fourth-order valence-electron chi connectivity index (χ4n) is 1.95. The third kappa shape index (κ3) is 4.52. The van der Waals surface area contributed by atoms with Crippen molar-refractivity contribution in [1.29, 1.82) is 0 Å². The van der Waals surface area contributed by atoms with Gasteiger partial charge in [-0.15, -0.1) is 0 Å². The van der Waals surface area contributed by atoms with E-state index in [9.17, 15) is 27.2 Å². The number of pyridine rings is 1. The number of carbonyl (C=O) groups excluding carboxylic acids is 2. The van der Waals surface area contributed by atoms with E-state index in [0.717, 1.165) is 6.20 Å². The number of aldehydes is 1. The Balaban J connectivity index is 2.37. The first kappa shape index (κ1) is 18.4. The lowest BCUT2D eigenvalue weighted by molar-refractivity contribution is -0.140. The largest absolute Gasteiger partial charge is 0.421 e. The van der Waals surface area contributed by atoms with Gasteiger partial charge in [-0.2, -0.15) is 13.2 Å². The van der Waals surface area contributed by atoms with Crippen molar-refractivity contribution in [2.75, 3.05) is 11.4 Å². The van der Waals surface area contributed by atoms with E-state index in [1.54, 1.807) is 18.2 Å². The number of benzene rings is 1. The average Bonchev–Trinajstić information content (AvgIpc) is 2.56. The van der Waals surface area contributed by atoms with Gasteiger partial charge in [-0.05, 0) is 18.2 Å². The molecule has 5 nitrogen and oxygen atoms in total. The van der Waals surface area contributed by atoms with Gasteiger partial charge in [0.15, 0.2) is 11.6 Å². The second kappa shape index (κ2) is 7.73. The summed E-state index contributed by atoms with van der Waals surface area (Å²) in [5.74, 6) is -2.47. The Hall–Kier alpha value is -2.97. The number of hydrogen-bond donors (Lipinski definition) is 0. The molecule has 132 valence electrons. The molecule has 0 saturated heterocycles. The summed E-state index contributed by atoms with van der Waals surface area (Å²) in [6.07, 6.45) is -5.18. The van der Waals surface area contributed by atoms with E-state index in [0.29, 0.717) is 17.3 Å². The number of rotatable bonds is 5. The van der Waals surface area contributed by atoms with Crippen molar-refractivity contribution in [3.8, 4) is 5.75 Å². The first-order valence-corrected chi connectivity index (χ1v) is 7.04. The van der Waals surface area contributed by atoms with Crippen LogP contribution >= 0.6 is 0 Å². The summed E-state index contributed by atoms with van der Waals surface area (Å²) in [5, 5.41) is 0. The number of anilines is 1. The molecule has 0 saturated carbocycles. The molecule has 0 N–H and O–H groups in total. The Labute approximate surface area is 139 Å². The molecule has 9 heteroatoms. The molecular weight excluding hydrogens is 344 g/mol. The number of carbonyl (C=O) groups is 2. The van der Waals surface area contributed by atoms with Crippen LogP contribution in [0.25, 0.3) is 0 Å². The van der Waals surface area contributed by atoms with Crippen LogP contribution in [0.15, 0.2) is 42.6 Å². The zero-order valence-electron chi connectivity index (χ0n) is 12.7. The van der Waals surface area contributed by atoms with Crippen LogP contribution in [0.1, 0.15) is 12.0 Å². The topological polar surface area (TPSA) is 59.5 Å². The highest BCUT2D eigenvalue weighted by Gasteiger charge is 2.37. The molecule has 0 unspecified atom stereocenters.